The molecule has 21 heavy (non-hydrogen) atoms. The maximum Gasteiger partial charge on any atom is 0.214 e. The molecular formula is C15H25N3O2S. The molecule has 0 saturated carbocycles. The highest BCUT2D eigenvalue weighted by molar-refractivity contribution is 7.89. The first-order valence-corrected chi connectivity index (χ1v) is 8.98. The Labute approximate surface area is 128 Å². The molecule has 1 fully saturated rings. The molecule has 6 heteroatoms. The van der Waals surface area contributed by atoms with E-state index in [1.807, 2.05) is 6.07 Å². The van der Waals surface area contributed by atoms with Gasteiger partial charge in [0, 0.05) is 46.3 Å². The van der Waals surface area contributed by atoms with Crippen LogP contribution < -0.4 is 5.32 Å². The Hall–Kier alpha value is -0.950. The van der Waals surface area contributed by atoms with Gasteiger partial charge in [-0.3, -0.25) is 4.90 Å². The van der Waals surface area contributed by atoms with E-state index in [0.29, 0.717) is 12.6 Å². The normalized spacial score (nSPS) is 20.2. The smallest absolute Gasteiger partial charge is 0.214 e. The van der Waals surface area contributed by atoms with Gasteiger partial charge in [0.05, 0.1) is 5.75 Å². The number of benzene rings is 1. The second kappa shape index (κ2) is 7.35. The van der Waals surface area contributed by atoms with Crippen molar-refractivity contribution in [2.75, 3.05) is 39.5 Å². The van der Waals surface area contributed by atoms with E-state index >= 15 is 0 Å². The van der Waals surface area contributed by atoms with Gasteiger partial charge in [0.25, 0.3) is 0 Å². The fraction of sp³-hybridized carbons (Fsp3) is 0.600. The van der Waals surface area contributed by atoms with Crippen LogP contribution in [0.4, 0.5) is 0 Å². The largest absolute Gasteiger partial charge is 0.312 e. The number of likely N-dealkylation sites (tertiary alicyclic amines) is 1. The Balaban J connectivity index is 1.71. The van der Waals surface area contributed by atoms with Gasteiger partial charge in [-0.15, -0.1) is 0 Å². The summed E-state index contributed by atoms with van der Waals surface area (Å²) in [5.74, 6) is 0.162. The van der Waals surface area contributed by atoms with Gasteiger partial charge >= 0.3 is 0 Å². The fourth-order valence-electron chi connectivity index (χ4n) is 2.56. The summed E-state index contributed by atoms with van der Waals surface area (Å²) < 4.78 is 24.7. The van der Waals surface area contributed by atoms with Gasteiger partial charge in [-0.1, -0.05) is 30.3 Å². The SMILES string of the molecule is CN(C)S(=O)(=O)CCN[C@H]1CCN(Cc2ccccc2)C1. The van der Waals surface area contributed by atoms with Crippen molar-refractivity contribution >= 4 is 10.0 Å². The van der Waals surface area contributed by atoms with Crippen LogP contribution in [0.2, 0.25) is 0 Å². The van der Waals surface area contributed by atoms with Gasteiger partial charge in [-0.05, 0) is 12.0 Å². The maximum absolute atomic E-state index is 11.7. The van der Waals surface area contributed by atoms with Crippen LogP contribution in [0.5, 0.6) is 0 Å². The molecule has 0 aromatic heterocycles. The van der Waals surface area contributed by atoms with Crippen LogP contribution in [0.3, 0.4) is 0 Å². The first kappa shape index (κ1) is 16.4. The zero-order chi connectivity index (χ0) is 15.3. The predicted octanol–water partition coefficient (Wildman–Crippen LogP) is 0.742. The molecular weight excluding hydrogens is 286 g/mol. The molecule has 1 saturated heterocycles. The Morgan fingerprint density at radius 2 is 2.00 bits per heavy atom. The van der Waals surface area contributed by atoms with Crippen molar-refractivity contribution in [1.29, 1.82) is 0 Å². The van der Waals surface area contributed by atoms with E-state index in [-0.39, 0.29) is 5.75 Å². The van der Waals surface area contributed by atoms with E-state index in [9.17, 15) is 8.42 Å². The van der Waals surface area contributed by atoms with Crippen molar-refractivity contribution in [1.82, 2.24) is 14.5 Å². The van der Waals surface area contributed by atoms with Crippen molar-refractivity contribution in [3.63, 3.8) is 0 Å². The molecule has 0 aliphatic carbocycles. The summed E-state index contributed by atoms with van der Waals surface area (Å²) in [7, 11) is 0.0570. The van der Waals surface area contributed by atoms with Crippen molar-refractivity contribution in [2.45, 2.75) is 19.0 Å². The lowest BCUT2D eigenvalue weighted by atomic mass is 10.2. The van der Waals surface area contributed by atoms with E-state index in [1.165, 1.54) is 9.87 Å². The first-order chi connectivity index (χ1) is 9.97. The minimum absolute atomic E-state index is 0.162. The number of nitrogens with zero attached hydrogens (tertiary/aromatic N) is 2. The fourth-order valence-corrected chi connectivity index (χ4v) is 3.30. The average molecular weight is 311 g/mol. The van der Waals surface area contributed by atoms with Crippen molar-refractivity contribution < 1.29 is 8.42 Å². The van der Waals surface area contributed by atoms with Crippen LogP contribution in [0.25, 0.3) is 0 Å². The monoisotopic (exact) mass is 311 g/mol. The highest BCUT2D eigenvalue weighted by atomic mass is 32.2. The number of sulfonamides is 1. The van der Waals surface area contributed by atoms with Crippen LogP contribution in [-0.4, -0.2) is 63.1 Å². The Kier molecular flexibility index (Phi) is 5.75. The summed E-state index contributed by atoms with van der Waals surface area (Å²) in [4.78, 5) is 2.41. The Morgan fingerprint density at radius 3 is 2.67 bits per heavy atom. The Morgan fingerprint density at radius 1 is 1.29 bits per heavy atom. The summed E-state index contributed by atoms with van der Waals surface area (Å²) >= 11 is 0. The molecule has 0 unspecified atom stereocenters. The average Bonchev–Trinajstić information content (AvgIpc) is 2.87. The lowest BCUT2D eigenvalue weighted by Crippen LogP contribution is -2.37. The highest BCUT2D eigenvalue weighted by Gasteiger charge is 2.22. The molecule has 1 N–H and O–H groups in total. The van der Waals surface area contributed by atoms with E-state index < -0.39 is 10.0 Å². The summed E-state index contributed by atoms with van der Waals surface area (Å²) in [5.41, 5.74) is 1.33. The zero-order valence-corrected chi connectivity index (χ0v) is 13.6. The third-order valence-electron chi connectivity index (χ3n) is 3.87. The van der Waals surface area contributed by atoms with Crippen molar-refractivity contribution in [2.24, 2.45) is 0 Å². The minimum atomic E-state index is -3.09. The van der Waals surface area contributed by atoms with Crippen LogP contribution in [0.15, 0.2) is 30.3 Å². The molecule has 2 rings (SSSR count). The summed E-state index contributed by atoms with van der Waals surface area (Å²) in [6, 6.07) is 10.8. The standard InChI is InChI=1S/C15H25N3O2S/c1-17(2)21(19,20)11-9-16-15-8-10-18(13-15)12-14-6-4-3-5-7-14/h3-7,15-16H,8-13H2,1-2H3/t15-/m0/s1. The van der Waals surface area contributed by atoms with E-state index in [0.717, 1.165) is 26.1 Å². The summed E-state index contributed by atoms with van der Waals surface area (Å²) in [6.45, 7) is 3.53. The molecule has 5 nitrogen and oxygen atoms in total. The topological polar surface area (TPSA) is 52.7 Å². The van der Waals surface area contributed by atoms with Crippen molar-refractivity contribution in [3.05, 3.63) is 35.9 Å². The quantitative estimate of drug-likeness (QED) is 0.807. The molecule has 0 spiro atoms. The number of hydrogen-bond acceptors (Lipinski definition) is 4. The van der Waals surface area contributed by atoms with E-state index in [1.54, 1.807) is 14.1 Å². The number of nitrogens with one attached hydrogen (secondary N) is 1. The molecule has 118 valence electrons. The predicted molar refractivity (Wildman–Crippen MR) is 85.6 cm³/mol. The van der Waals surface area contributed by atoms with Gasteiger partial charge < -0.3 is 5.32 Å². The lowest BCUT2D eigenvalue weighted by Gasteiger charge is -2.17. The van der Waals surface area contributed by atoms with Gasteiger partial charge in [-0.25, -0.2) is 12.7 Å². The summed E-state index contributed by atoms with van der Waals surface area (Å²) in [6.07, 6.45) is 1.08. The van der Waals surface area contributed by atoms with Gasteiger partial charge in [0.2, 0.25) is 10.0 Å². The highest BCUT2D eigenvalue weighted by Crippen LogP contribution is 2.13. The van der Waals surface area contributed by atoms with Crippen LogP contribution >= 0.6 is 0 Å². The zero-order valence-electron chi connectivity index (χ0n) is 12.8. The number of rotatable bonds is 7. The molecule has 1 aliphatic heterocycles. The molecule has 1 atom stereocenters. The van der Waals surface area contributed by atoms with Crippen LogP contribution in [-0.2, 0) is 16.6 Å². The molecule has 0 bridgehead atoms. The van der Waals surface area contributed by atoms with Crippen LogP contribution in [0, 0.1) is 0 Å². The molecule has 1 aromatic carbocycles. The second-order valence-electron chi connectivity index (χ2n) is 5.76. The maximum atomic E-state index is 11.7. The number of hydrogen-bond donors (Lipinski definition) is 1. The molecule has 0 radical (unpaired) electrons. The minimum Gasteiger partial charge on any atom is -0.312 e. The molecule has 0 amide bonds. The third-order valence-corrected chi connectivity index (χ3v) is 5.70. The van der Waals surface area contributed by atoms with E-state index in [4.69, 9.17) is 0 Å². The lowest BCUT2D eigenvalue weighted by molar-refractivity contribution is 0.321. The molecule has 1 aromatic rings. The molecule has 1 heterocycles. The second-order valence-corrected chi connectivity index (χ2v) is 8.06. The van der Waals surface area contributed by atoms with Gasteiger partial charge in [0.15, 0.2) is 0 Å². The van der Waals surface area contributed by atoms with E-state index in [2.05, 4.69) is 34.5 Å². The van der Waals surface area contributed by atoms with Gasteiger partial charge in [-0.2, -0.15) is 0 Å². The van der Waals surface area contributed by atoms with Gasteiger partial charge in [0.1, 0.15) is 0 Å². The first-order valence-electron chi connectivity index (χ1n) is 7.37. The third kappa shape index (κ3) is 5.07. The molecule has 1 aliphatic rings. The Bertz CT molecular complexity index is 531. The van der Waals surface area contributed by atoms with Crippen molar-refractivity contribution in [3.8, 4) is 0 Å². The van der Waals surface area contributed by atoms with Crippen LogP contribution in [0.1, 0.15) is 12.0 Å². The summed E-state index contributed by atoms with van der Waals surface area (Å²) in [5, 5.41) is 3.36.